The minimum absolute atomic E-state index is 0.544. The van der Waals surface area contributed by atoms with Gasteiger partial charge in [0.1, 0.15) is 0 Å². The Balaban J connectivity index is 2.27. The van der Waals surface area contributed by atoms with E-state index in [1.54, 1.807) is 0 Å². The zero-order valence-electron chi connectivity index (χ0n) is 10.8. The number of nitrogens with zero attached hydrogens (tertiary/aromatic N) is 1. The maximum absolute atomic E-state index is 5.72. The van der Waals surface area contributed by atoms with Crippen molar-refractivity contribution in [2.45, 2.75) is 32.6 Å². The van der Waals surface area contributed by atoms with Gasteiger partial charge in [-0.1, -0.05) is 44.2 Å². The molecule has 0 radical (unpaired) electrons. The maximum Gasteiger partial charge on any atom is 0.188 e. The number of benzene rings is 1. The topological polar surface area (TPSA) is 50.4 Å². The first-order valence-electron chi connectivity index (χ1n) is 6.32. The molecule has 0 aromatic heterocycles. The molecular formula is C14H23N3. The Kier molecular flexibility index (Phi) is 6.15. The van der Waals surface area contributed by atoms with Crippen molar-refractivity contribution in [2.75, 3.05) is 13.1 Å². The van der Waals surface area contributed by atoms with E-state index in [0.29, 0.717) is 11.9 Å². The summed E-state index contributed by atoms with van der Waals surface area (Å²) in [6.45, 7) is 5.99. The molecule has 0 aliphatic carbocycles. The van der Waals surface area contributed by atoms with Crippen LogP contribution in [0, 0.1) is 0 Å². The Morgan fingerprint density at radius 2 is 2.06 bits per heavy atom. The van der Waals surface area contributed by atoms with Crippen LogP contribution >= 0.6 is 0 Å². The van der Waals surface area contributed by atoms with E-state index in [1.165, 1.54) is 5.56 Å². The summed E-state index contributed by atoms with van der Waals surface area (Å²) in [5.74, 6) is 1.11. The molecule has 0 aliphatic heterocycles. The Morgan fingerprint density at radius 1 is 1.35 bits per heavy atom. The van der Waals surface area contributed by atoms with Crippen molar-refractivity contribution < 1.29 is 0 Å². The second-order valence-electron chi connectivity index (χ2n) is 4.29. The van der Waals surface area contributed by atoms with E-state index in [4.69, 9.17) is 5.73 Å². The highest BCUT2D eigenvalue weighted by atomic mass is 15.1. The van der Waals surface area contributed by atoms with E-state index in [-0.39, 0.29) is 0 Å². The molecular weight excluding hydrogens is 210 g/mol. The summed E-state index contributed by atoms with van der Waals surface area (Å²) < 4.78 is 0. The molecule has 0 fully saturated rings. The zero-order chi connectivity index (χ0) is 12.5. The molecule has 3 heteroatoms. The molecule has 0 bridgehead atoms. The van der Waals surface area contributed by atoms with E-state index in [1.807, 2.05) is 6.07 Å². The number of nitrogens with two attached hydrogens (primary N) is 1. The van der Waals surface area contributed by atoms with E-state index < -0.39 is 0 Å². The first-order chi connectivity index (χ1) is 8.24. The van der Waals surface area contributed by atoms with Gasteiger partial charge in [-0.2, -0.15) is 0 Å². The second kappa shape index (κ2) is 7.71. The minimum Gasteiger partial charge on any atom is -0.370 e. The Hall–Kier alpha value is -1.51. The molecule has 1 unspecified atom stereocenters. The van der Waals surface area contributed by atoms with Crippen molar-refractivity contribution in [1.29, 1.82) is 0 Å². The highest BCUT2D eigenvalue weighted by Crippen LogP contribution is 2.17. The molecule has 0 saturated carbocycles. The van der Waals surface area contributed by atoms with Gasteiger partial charge in [0, 0.05) is 13.1 Å². The lowest BCUT2D eigenvalue weighted by molar-refractivity contribution is 0.658. The van der Waals surface area contributed by atoms with Gasteiger partial charge >= 0.3 is 0 Å². The Morgan fingerprint density at radius 3 is 2.71 bits per heavy atom. The molecule has 3 nitrogen and oxygen atoms in total. The van der Waals surface area contributed by atoms with Gasteiger partial charge in [-0.3, -0.25) is 4.99 Å². The first kappa shape index (κ1) is 13.6. The van der Waals surface area contributed by atoms with Crippen molar-refractivity contribution in [1.82, 2.24) is 5.32 Å². The minimum atomic E-state index is 0.544. The Labute approximate surface area is 104 Å². The van der Waals surface area contributed by atoms with Crippen molar-refractivity contribution >= 4 is 5.96 Å². The quantitative estimate of drug-likeness (QED) is 0.586. The molecule has 1 atom stereocenters. The largest absolute Gasteiger partial charge is 0.370 e. The van der Waals surface area contributed by atoms with Gasteiger partial charge in [0.15, 0.2) is 5.96 Å². The fourth-order valence-corrected chi connectivity index (χ4v) is 1.65. The van der Waals surface area contributed by atoms with E-state index >= 15 is 0 Å². The first-order valence-corrected chi connectivity index (χ1v) is 6.32. The van der Waals surface area contributed by atoms with Crippen LogP contribution in [0.4, 0.5) is 0 Å². The predicted octanol–water partition coefficient (Wildman–Crippen LogP) is 2.49. The predicted molar refractivity (Wildman–Crippen MR) is 74.3 cm³/mol. The fraction of sp³-hybridized carbons (Fsp3) is 0.500. The average molecular weight is 233 g/mol. The number of hydrogen-bond acceptors (Lipinski definition) is 1. The zero-order valence-corrected chi connectivity index (χ0v) is 10.8. The summed E-state index contributed by atoms with van der Waals surface area (Å²) in [5, 5.41) is 3.15. The molecule has 0 aliphatic rings. The molecule has 3 N–H and O–H groups in total. The van der Waals surface area contributed by atoms with Gasteiger partial charge < -0.3 is 11.1 Å². The van der Waals surface area contributed by atoms with Crippen LogP contribution in [0.2, 0.25) is 0 Å². The number of hydrogen-bond donors (Lipinski definition) is 2. The monoisotopic (exact) mass is 233 g/mol. The van der Waals surface area contributed by atoms with Crippen LogP contribution < -0.4 is 11.1 Å². The SMILES string of the molecule is CCCN=C(N)NCCC(C)c1ccccc1. The molecule has 94 valence electrons. The van der Waals surface area contributed by atoms with Crippen molar-refractivity contribution in [3.8, 4) is 0 Å². The van der Waals surface area contributed by atoms with Gasteiger partial charge in [0.05, 0.1) is 0 Å². The average Bonchev–Trinajstić information content (AvgIpc) is 2.37. The summed E-state index contributed by atoms with van der Waals surface area (Å²) in [7, 11) is 0. The van der Waals surface area contributed by atoms with Crippen LogP contribution in [-0.4, -0.2) is 19.0 Å². The molecule has 0 heterocycles. The summed E-state index contributed by atoms with van der Waals surface area (Å²) >= 11 is 0. The molecule has 1 aromatic carbocycles. The normalized spacial score (nSPS) is 13.4. The Bertz CT molecular complexity index is 333. The summed E-state index contributed by atoms with van der Waals surface area (Å²) in [6, 6.07) is 10.5. The van der Waals surface area contributed by atoms with Crippen LogP contribution in [0.15, 0.2) is 35.3 Å². The summed E-state index contributed by atoms with van der Waals surface area (Å²) in [6.07, 6.45) is 2.09. The van der Waals surface area contributed by atoms with Gasteiger partial charge in [-0.15, -0.1) is 0 Å². The lowest BCUT2D eigenvalue weighted by Gasteiger charge is -2.12. The number of guanidine groups is 1. The lowest BCUT2D eigenvalue weighted by Crippen LogP contribution is -2.33. The number of nitrogens with one attached hydrogen (secondary N) is 1. The molecule has 0 spiro atoms. The molecule has 17 heavy (non-hydrogen) atoms. The van der Waals surface area contributed by atoms with E-state index in [2.05, 4.69) is 48.4 Å². The third kappa shape index (κ3) is 5.38. The highest BCUT2D eigenvalue weighted by Gasteiger charge is 2.04. The molecule has 1 rings (SSSR count). The summed E-state index contributed by atoms with van der Waals surface area (Å²) in [4.78, 5) is 4.20. The van der Waals surface area contributed by atoms with Crippen molar-refractivity contribution in [2.24, 2.45) is 10.7 Å². The van der Waals surface area contributed by atoms with Gasteiger partial charge in [0.2, 0.25) is 0 Å². The maximum atomic E-state index is 5.72. The third-order valence-electron chi connectivity index (χ3n) is 2.76. The lowest BCUT2D eigenvalue weighted by atomic mass is 9.98. The van der Waals surface area contributed by atoms with Crippen LogP contribution in [0.3, 0.4) is 0 Å². The smallest absolute Gasteiger partial charge is 0.188 e. The fourth-order valence-electron chi connectivity index (χ4n) is 1.65. The highest BCUT2D eigenvalue weighted by molar-refractivity contribution is 5.77. The summed E-state index contributed by atoms with van der Waals surface area (Å²) in [5.41, 5.74) is 7.10. The van der Waals surface area contributed by atoms with Crippen molar-refractivity contribution in [3.63, 3.8) is 0 Å². The van der Waals surface area contributed by atoms with E-state index in [0.717, 1.165) is 25.9 Å². The van der Waals surface area contributed by atoms with Crippen LogP contribution in [0.25, 0.3) is 0 Å². The van der Waals surface area contributed by atoms with Crippen LogP contribution in [0.1, 0.15) is 38.2 Å². The van der Waals surface area contributed by atoms with E-state index in [9.17, 15) is 0 Å². The number of aliphatic imine (C=N–C) groups is 1. The molecule has 0 amide bonds. The van der Waals surface area contributed by atoms with Gasteiger partial charge in [0.25, 0.3) is 0 Å². The van der Waals surface area contributed by atoms with Gasteiger partial charge in [-0.25, -0.2) is 0 Å². The number of rotatable bonds is 6. The van der Waals surface area contributed by atoms with Crippen LogP contribution in [-0.2, 0) is 0 Å². The second-order valence-corrected chi connectivity index (χ2v) is 4.29. The molecule has 0 saturated heterocycles. The van der Waals surface area contributed by atoms with Gasteiger partial charge in [-0.05, 0) is 24.3 Å². The standard InChI is InChI=1S/C14H23N3/c1-3-10-16-14(15)17-11-9-12(2)13-7-5-4-6-8-13/h4-8,12H,3,9-11H2,1-2H3,(H3,15,16,17). The molecule has 1 aromatic rings. The third-order valence-corrected chi connectivity index (χ3v) is 2.76. The van der Waals surface area contributed by atoms with Crippen LogP contribution in [0.5, 0.6) is 0 Å². The van der Waals surface area contributed by atoms with Crippen molar-refractivity contribution in [3.05, 3.63) is 35.9 Å².